The van der Waals surface area contributed by atoms with Crippen LogP contribution >= 0.6 is 23.8 Å². The summed E-state index contributed by atoms with van der Waals surface area (Å²) in [5.74, 6) is -0.311. The molecule has 8 heteroatoms. The van der Waals surface area contributed by atoms with Gasteiger partial charge in [-0.05, 0) is 75.8 Å². The van der Waals surface area contributed by atoms with Gasteiger partial charge in [-0.1, -0.05) is 23.7 Å². The van der Waals surface area contributed by atoms with E-state index in [9.17, 15) is 4.79 Å². The van der Waals surface area contributed by atoms with Gasteiger partial charge in [-0.3, -0.25) is 9.78 Å². The number of nitrogens with zero attached hydrogens (tertiary/aromatic N) is 3. The van der Waals surface area contributed by atoms with Gasteiger partial charge in [0.05, 0.1) is 24.4 Å². The SMILES string of the molecule is CCOC(=O)CN1C(=S)N[C@H](c2ccccn2)[C@@H]1c1c(C)c(C)n(-c2cccc(Cl)c2)c1C. The van der Waals surface area contributed by atoms with Gasteiger partial charge in [-0.25, -0.2) is 0 Å². The van der Waals surface area contributed by atoms with Crippen LogP contribution in [0.2, 0.25) is 5.02 Å². The van der Waals surface area contributed by atoms with Crippen LogP contribution in [-0.2, 0) is 9.53 Å². The minimum Gasteiger partial charge on any atom is -0.465 e. The van der Waals surface area contributed by atoms with Crippen LogP contribution in [0.3, 0.4) is 0 Å². The van der Waals surface area contributed by atoms with E-state index in [0.29, 0.717) is 16.7 Å². The van der Waals surface area contributed by atoms with Gasteiger partial charge in [-0.2, -0.15) is 0 Å². The summed E-state index contributed by atoms with van der Waals surface area (Å²) in [4.78, 5) is 19.0. The molecule has 33 heavy (non-hydrogen) atoms. The first-order chi connectivity index (χ1) is 15.8. The maximum absolute atomic E-state index is 12.5. The average molecular weight is 483 g/mol. The number of carbonyl (C=O) groups excluding carboxylic acids is 1. The van der Waals surface area contributed by atoms with E-state index in [2.05, 4.69) is 35.6 Å². The molecule has 1 fully saturated rings. The van der Waals surface area contributed by atoms with Crippen molar-refractivity contribution < 1.29 is 9.53 Å². The Bertz CT molecular complexity index is 1190. The Morgan fingerprint density at radius 2 is 1.97 bits per heavy atom. The number of carbonyl (C=O) groups is 1. The number of benzene rings is 1. The number of halogens is 1. The number of thiocarbonyl (C=S) groups is 1. The lowest BCUT2D eigenvalue weighted by Gasteiger charge is -2.28. The summed E-state index contributed by atoms with van der Waals surface area (Å²) in [7, 11) is 0. The van der Waals surface area contributed by atoms with Gasteiger partial charge in [0.15, 0.2) is 5.11 Å². The zero-order valence-corrected chi connectivity index (χ0v) is 20.7. The molecule has 4 rings (SSSR count). The molecule has 0 amide bonds. The summed E-state index contributed by atoms with van der Waals surface area (Å²) in [6.07, 6.45) is 1.77. The standard InChI is InChI=1S/C25H27ClN4O2S/c1-5-32-21(31)14-29-24(23(28-25(29)33)20-11-6-7-12-27-20)22-15(2)16(3)30(17(22)4)19-10-8-9-18(26)13-19/h6-13,23-24H,5,14H2,1-4H3,(H,28,33)/t23-,24+/m1/s1. The van der Waals surface area contributed by atoms with Crippen molar-refractivity contribution in [1.82, 2.24) is 19.8 Å². The predicted molar refractivity (Wildman–Crippen MR) is 134 cm³/mol. The molecule has 6 nitrogen and oxygen atoms in total. The Morgan fingerprint density at radius 3 is 2.64 bits per heavy atom. The number of hydrogen-bond donors (Lipinski definition) is 1. The van der Waals surface area contributed by atoms with Crippen molar-refractivity contribution in [2.24, 2.45) is 0 Å². The molecule has 2 atom stereocenters. The van der Waals surface area contributed by atoms with E-state index >= 15 is 0 Å². The van der Waals surface area contributed by atoms with Crippen LogP contribution in [0.1, 0.15) is 47.2 Å². The highest BCUT2D eigenvalue weighted by Crippen LogP contribution is 2.43. The van der Waals surface area contributed by atoms with Crippen molar-refractivity contribution in [2.75, 3.05) is 13.2 Å². The normalized spacial score (nSPS) is 17.8. The summed E-state index contributed by atoms with van der Waals surface area (Å²) < 4.78 is 7.45. The Balaban J connectivity index is 1.87. The predicted octanol–water partition coefficient (Wildman–Crippen LogP) is 4.99. The molecule has 1 aliphatic rings. The van der Waals surface area contributed by atoms with E-state index in [1.54, 1.807) is 13.1 Å². The third-order valence-electron chi connectivity index (χ3n) is 6.17. The number of rotatable bonds is 6. The summed E-state index contributed by atoms with van der Waals surface area (Å²) in [5, 5.41) is 4.59. The second-order valence-corrected chi connectivity index (χ2v) is 8.91. The lowest BCUT2D eigenvalue weighted by atomic mass is 9.93. The van der Waals surface area contributed by atoms with Crippen molar-refractivity contribution in [3.05, 3.63) is 81.9 Å². The molecule has 0 radical (unpaired) electrons. The molecular weight excluding hydrogens is 456 g/mol. The topological polar surface area (TPSA) is 59.4 Å². The van der Waals surface area contributed by atoms with Crippen LogP contribution in [-0.4, -0.2) is 38.7 Å². The van der Waals surface area contributed by atoms with E-state index in [0.717, 1.165) is 33.9 Å². The first-order valence-corrected chi connectivity index (χ1v) is 11.7. The molecule has 1 aromatic carbocycles. The van der Waals surface area contributed by atoms with E-state index in [-0.39, 0.29) is 24.6 Å². The Kier molecular flexibility index (Phi) is 6.72. The molecular formula is C25H27ClN4O2S. The highest BCUT2D eigenvalue weighted by Gasteiger charge is 2.43. The molecule has 0 bridgehead atoms. The first kappa shape index (κ1) is 23.3. The van der Waals surface area contributed by atoms with Crippen LogP contribution in [0.4, 0.5) is 0 Å². The smallest absolute Gasteiger partial charge is 0.325 e. The largest absolute Gasteiger partial charge is 0.465 e. The van der Waals surface area contributed by atoms with Gasteiger partial charge < -0.3 is 19.5 Å². The fourth-order valence-corrected chi connectivity index (χ4v) is 5.17. The van der Waals surface area contributed by atoms with E-state index in [4.69, 9.17) is 28.6 Å². The summed E-state index contributed by atoms with van der Waals surface area (Å²) >= 11 is 12.0. The van der Waals surface area contributed by atoms with Crippen LogP contribution in [0.25, 0.3) is 5.69 Å². The highest BCUT2D eigenvalue weighted by molar-refractivity contribution is 7.80. The van der Waals surface area contributed by atoms with Gasteiger partial charge >= 0.3 is 5.97 Å². The Labute approximate surface area is 204 Å². The van der Waals surface area contributed by atoms with Crippen molar-refractivity contribution in [3.63, 3.8) is 0 Å². The molecule has 2 aromatic heterocycles. The van der Waals surface area contributed by atoms with Gasteiger partial charge in [-0.15, -0.1) is 0 Å². The molecule has 3 heterocycles. The number of aromatic nitrogens is 2. The van der Waals surface area contributed by atoms with Crippen LogP contribution in [0.15, 0.2) is 48.7 Å². The maximum atomic E-state index is 12.5. The minimum atomic E-state index is -0.311. The van der Waals surface area contributed by atoms with E-state index in [1.165, 1.54) is 0 Å². The number of esters is 1. The third kappa shape index (κ3) is 4.35. The fourth-order valence-electron chi connectivity index (χ4n) is 4.68. The lowest BCUT2D eigenvalue weighted by molar-refractivity contribution is -0.143. The zero-order chi connectivity index (χ0) is 23.7. The molecule has 172 valence electrons. The molecule has 3 aromatic rings. The van der Waals surface area contributed by atoms with Gasteiger partial charge in [0, 0.05) is 33.9 Å². The third-order valence-corrected chi connectivity index (χ3v) is 6.76. The van der Waals surface area contributed by atoms with Crippen molar-refractivity contribution in [2.45, 2.75) is 39.8 Å². The molecule has 1 aliphatic heterocycles. The summed E-state index contributed by atoms with van der Waals surface area (Å²) in [5.41, 5.74) is 6.28. The zero-order valence-electron chi connectivity index (χ0n) is 19.1. The fraction of sp³-hybridized carbons (Fsp3) is 0.320. The molecule has 0 unspecified atom stereocenters. The number of pyridine rings is 1. The summed E-state index contributed by atoms with van der Waals surface area (Å²) in [6.45, 7) is 8.49. The van der Waals surface area contributed by atoms with Crippen LogP contribution in [0, 0.1) is 20.8 Å². The van der Waals surface area contributed by atoms with Crippen molar-refractivity contribution in [3.8, 4) is 5.69 Å². The van der Waals surface area contributed by atoms with E-state index in [1.807, 2.05) is 47.4 Å². The molecule has 0 aliphatic carbocycles. The van der Waals surface area contributed by atoms with Crippen LogP contribution in [0.5, 0.6) is 0 Å². The Hall–Kier alpha value is -2.90. The summed E-state index contributed by atoms with van der Waals surface area (Å²) in [6, 6.07) is 13.2. The minimum absolute atomic E-state index is 0.0634. The van der Waals surface area contributed by atoms with E-state index < -0.39 is 0 Å². The van der Waals surface area contributed by atoms with Gasteiger partial charge in [0.25, 0.3) is 0 Å². The number of hydrogen-bond acceptors (Lipinski definition) is 4. The quantitative estimate of drug-likeness (QED) is 0.394. The maximum Gasteiger partial charge on any atom is 0.325 e. The van der Waals surface area contributed by atoms with Crippen LogP contribution < -0.4 is 5.32 Å². The van der Waals surface area contributed by atoms with Crippen molar-refractivity contribution >= 4 is 34.9 Å². The number of ether oxygens (including phenoxy) is 1. The molecule has 0 spiro atoms. The Morgan fingerprint density at radius 1 is 1.18 bits per heavy atom. The van der Waals surface area contributed by atoms with Crippen molar-refractivity contribution in [1.29, 1.82) is 0 Å². The van der Waals surface area contributed by atoms with Gasteiger partial charge in [0.2, 0.25) is 0 Å². The second kappa shape index (κ2) is 9.53. The van der Waals surface area contributed by atoms with Gasteiger partial charge in [0.1, 0.15) is 6.54 Å². The molecule has 1 saturated heterocycles. The molecule has 1 N–H and O–H groups in total. The monoisotopic (exact) mass is 482 g/mol. The average Bonchev–Trinajstić information content (AvgIpc) is 3.21. The highest BCUT2D eigenvalue weighted by atomic mass is 35.5. The lowest BCUT2D eigenvalue weighted by Crippen LogP contribution is -2.35. The first-order valence-electron chi connectivity index (χ1n) is 10.9. The number of nitrogens with one attached hydrogen (secondary N) is 1. The molecule has 0 saturated carbocycles. The second-order valence-electron chi connectivity index (χ2n) is 8.08.